The Labute approximate surface area is 126 Å². The van der Waals surface area contributed by atoms with Crippen molar-refractivity contribution in [2.75, 3.05) is 0 Å². The van der Waals surface area contributed by atoms with Crippen molar-refractivity contribution in [1.29, 1.82) is 0 Å². The Morgan fingerprint density at radius 3 is 2.48 bits per heavy atom. The summed E-state index contributed by atoms with van der Waals surface area (Å²) in [6.07, 6.45) is 0.403. The predicted molar refractivity (Wildman–Crippen MR) is 86.2 cm³/mol. The molecule has 110 valence electrons. The second kappa shape index (κ2) is 6.57. The van der Waals surface area contributed by atoms with Crippen LogP contribution in [-0.4, -0.2) is 11.9 Å². The van der Waals surface area contributed by atoms with E-state index in [0.717, 1.165) is 23.3 Å². The topological polar surface area (TPSA) is 26.3 Å². The van der Waals surface area contributed by atoms with Crippen molar-refractivity contribution in [2.45, 2.75) is 40.2 Å². The van der Waals surface area contributed by atoms with Gasteiger partial charge >= 0.3 is 0 Å². The maximum Gasteiger partial charge on any atom is 0.203 e. The van der Waals surface area contributed by atoms with Gasteiger partial charge in [0, 0.05) is 5.56 Å². The van der Waals surface area contributed by atoms with E-state index in [4.69, 9.17) is 4.74 Å². The molecular weight excluding hydrogens is 260 g/mol. The van der Waals surface area contributed by atoms with E-state index in [1.807, 2.05) is 63.2 Å². The lowest BCUT2D eigenvalue weighted by atomic mass is 10.0. The number of benzene rings is 2. The summed E-state index contributed by atoms with van der Waals surface area (Å²) in [6, 6.07) is 13.7. The van der Waals surface area contributed by atoms with Crippen LogP contribution in [0.5, 0.6) is 5.75 Å². The fourth-order valence-electron chi connectivity index (χ4n) is 2.28. The van der Waals surface area contributed by atoms with Gasteiger partial charge in [-0.05, 0) is 56.0 Å². The molecule has 0 N–H and O–H groups in total. The standard InChI is InChI=1S/C19H22O2/c1-5-16-8-6-7-9-18(16)21-15(4)19(20)17-11-10-13(2)14(3)12-17/h6-12,15H,5H2,1-4H3. The Morgan fingerprint density at radius 2 is 1.81 bits per heavy atom. The number of para-hydroxylation sites is 1. The minimum absolute atomic E-state index is 0.0176. The quantitative estimate of drug-likeness (QED) is 0.754. The minimum atomic E-state index is -0.486. The normalized spacial score (nSPS) is 12.0. The zero-order valence-corrected chi connectivity index (χ0v) is 13.1. The smallest absolute Gasteiger partial charge is 0.203 e. The van der Waals surface area contributed by atoms with Crippen LogP contribution < -0.4 is 4.74 Å². The van der Waals surface area contributed by atoms with E-state index < -0.39 is 6.10 Å². The molecule has 0 saturated carbocycles. The van der Waals surface area contributed by atoms with Crippen molar-refractivity contribution in [3.05, 3.63) is 64.7 Å². The molecule has 0 radical (unpaired) electrons. The van der Waals surface area contributed by atoms with Crippen LogP contribution in [0.4, 0.5) is 0 Å². The molecule has 2 rings (SSSR count). The highest BCUT2D eigenvalue weighted by atomic mass is 16.5. The van der Waals surface area contributed by atoms with Gasteiger partial charge in [0.25, 0.3) is 0 Å². The molecular formula is C19H22O2. The highest BCUT2D eigenvalue weighted by Gasteiger charge is 2.18. The molecule has 0 aliphatic rings. The Balaban J connectivity index is 2.17. The Hall–Kier alpha value is -2.09. The molecule has 2 aromatic carbocycles. The minimum Gasteiger partial charge on any atom is -0.482 e. The second-order valence-corrected chi connectivity index (χ2v) is 5.38. The molecule has 0 heterocycles. The summed E-state index contributed by atoms with van der Waals surface area (Å²) in [7, 11) is 0. The maximum absolute atomic E-state index is 12.5. The number of carbonyl (C=O) groups excluding carboxylic acids is 1. The van der Waals surface area contributed by atoms with Gasteiger partial charge in [0.1, 0.15) is 5.75 Å². The molecule has 2 aromatic rings. The van der Waals surface area contributed by atoms with Gasteiger partial charge < -0.3 is 4.74 Å². The molecule has 0 fully saturated rings. The second-order valence-electron chi connectivity index (χ2n) is 5.38. The van der Waals surface area contributed by atoms with Crippen LogP contribution in [0.1, 0.15) is 40.9 Å². The molecule has 0 aliphatic heterocycles. The summed E-state index contributed by atoms with van der Waals surface area (Å²) >= 11 is 0. The molecule has 0 amide bonds. The molecule has 1 unspecified atom stereocenters. The van der Waals surface area contributed by atoms with E-state index in [1.165, 1.54) is 5.56 Å². The van der Waals surface area contributed by atoms with Gasteiger partial charge in [0.15, 0.2) is 6.10 Å². The molecule has 0 aromatic heterocycles. The first kappa shape index (κ1) is 15.3. The van der Waals surface area contributed by atoms with Gasteiger partial charge in [-0.1, -0.05) is 37.3 Å². The number of hydrogen-bond acceptors (Lipinski definition) is 2. The zero-order chi connectivity index (χ0) is 15.4. The zero-order valence-electron chi connectivity index (χ0n) is 13.1. The third-order valence-corrected chi connectivity index (χ3v) is 3.82. The van der Waals surface area contributed by atoms with Crippen LogP contribution in [0.15, 0.2) is 42.5 Å². The number of ketones is 1. The average Bonchev–Trinajstić information content (AvgIpc) is 2.49. The third kappa shape index (κ3) is 3.52. The molecule has 0 saturated heterocycles. The largest absolute Gasteiger partial charge is 0.482 e. The van der Waals surface area contributed by atoms with E-state index >= 15 is 0 Å². The molecule has 0 bridgehead atoms. The molecule has 2 nitrogen and oxygen atoms in total. The monoisotopic (exact) mass is 282 g/mol. The summed E-state index contributed by atoms with van der Waals surface area (Å²) in [6.45, 7) is 7.95. The fourth-order valence-corrected chi connectivity index (χ4v) is 2.28. The first-order valence-electron chi connectivity index (χ1n) is 7.39. The van der Waals surface area contributed by atoms with Crippen molar-refractivity contribution in [3.8, 4) is 5.75 Å². The highest BCUT2D eigenvalue weighted by Crippen LogP contribution is 2.21. The average molecular weight is 282 g/mol. The summed E-state index contributed by atoms with van der Waals surface area (Å²) in [5.74, 6) is 0.814. The molecule has 0 spiro atoms. The lowest BCUT2D eigenvalue weighted by Gasteiger charge is -2.16. The van der Waals surface area contributed by atoms with Crippen LogP contribution >= 0.6 is 0 Å². The number of carbonyl (C=O) groups is 1. The first-order chi connectivity index (χ1) is 10.0. The Morgan fingerprint density at radius 1 is 1.10 bits per heavy atom. The van der Waals surface area contributed by atoms with E-state index in [2.05, 4.69) is 6.92 Å². The van der Waals surface area contributed by atoms with Crippen LogP contribution in [0, 0.1) is 13.8 Å². The lowest BCUT2D eigenvalue weighted by Crippen LogP contribution is -2.24. The number of Topliss-reactive ketones (excluding diaryl/α,β-unsaturated/α-hetero) is 1. The van der Waals surface area contributed by atoms with Gasteiger partial charge in [-0.25, -0.2) is 0 Å². The fraction of sp³-hybridized carbons (Fsp3) is 0.316. The Bertz CT molecular complexity index is 644. The lowest BCUT2D eigenvalue weighted by molar-refractivity contribution is 0.0816. The summed E-state index contributed by atoms with van der Waals surface area (Å²) in [5.41, 5.74) is 4.15. The number of aryl methyl sites for hydroxylation is 3. The third-order valence-electron chi connectivity index (χ3n) is 3.82. The van der Waals surface area contributed by atoms with Gasteiger partial charge in [-0.15, -0.1) is 0 Å². The summed E-state index contributed by atoms with van der Waals surface area (Å²) in [5, 5.41) is 0. The van der Waals surface area contributed by atoms with Gasteiger partial charge in [-0.3, -0.25) is 4.79 Å². The molecule has 2 heteroatoms. The van der Waals surface area contributed by atoms with Crippen LogP contribution in [0.3, 0.4) is 0 Å². The van der Waals surface area contributed by atoms with Crippen molar-refractivity contribution >= 4 is 5.78 Å². The summed E-state index contributed by atoms with van der Waals surface area (Å²) < 4.78 is 5.87. The van der Waals surface area contributed by atoms with Crippen LogP contribution in [0.2, 0.25) is 0 Å². The van der Waals surface area contributed by atoms with Crippen molar-refractivity contribution < 1.29 is 9.53 Å². The van der Waals surface area contributed by atoms with Crippen molar-refractivity contribution in [1.82, 2.24) is 0 Å². The highest BCUT2D eigenvalue weighted by molar-refractivity contribution is 5.99. The number of ether oxygens (including phenoxy) is 1. The Kier molecular flexibility index (Phi) is 4.79. The van der Waals surface area contributed by atoms with Crippen molar-refractivity contribution in [2.24, 2.45) is 0 Å². The van der Waals surface area contributed by atoms with E-state index in [-0.39, 0.29) is 5.78 Å². The maximum atomic E-state index is 12.5. The first-order valence-corrected chi connectivity index (χ1v) is 7.39. The van der Waals surface area contributed by atoms with Gasteiger partial charge in [-0.2, -0.15) is 0 Å². The van der Waals surface area contributed by atoms with Gasteiger partial charge in [0.05, 0.1) is 0 Å². The van der Waals surface area contributed by atoms with Crippen LogP contribution in [0.25, 0.3) is 0 Å². The number of rotatable bonds is 5. The predicted octanol–water partition coefficient (Wildman–Crippen LogP) is 4.52. The van der Waals surface area contributed by atoms with E-state index in [9.17, 15) is 4.79 Å². The molecule has 21 heavy (non-hydrogen) atoms. The van der Waals surface area contributed by atoms with Gasteiger partial charge in [0.2, 0.25) is 5.78 Å². The molecule has 0 aliphatic carbocycles. The molecule has 1 atom stereocenters. The van der Waals surface area contributed by atoms with E-state index in [0.29, 0.717) is 5.56 Å². The summed E-state index contributed by atoms with van der Waals surface area (Å²) in [4.78, 5) is 12.5. The SMILES string of the molecule is CCc1ccccc1OC(C)C(=O)c1ccc(C)c(C)c1. The van der Waals surface area contributed by atoms with Crippen LogP contribution in [-0.2, 0) is 6.42 Å². The van der Waals surface area contributed by atoms with E-state index in [1.54, 1.807) is 0 Å². The van der Waals surface area contributed by atoms with Crippen molar-refractivity contribution in [3.63, 3.8) is 0 Å². The number of hydrogen-bond donors (Lipinski definition) is 0.